The molecule has 1 amide bonds. The van der Waals surface area contributed by atoms with E-state index in [0.29, 0.717) is 19.0 Å². The van der Waals surface area contributed by atoms with Gasteiger partial charge >= 0.3 is 6.09 Å². The smallest absolute Gasteiger partial charge is 0.410 e. The van der Waals surface area contributed by atoms with Crippen LogP contribution in [0.1, 0.15) is 32.0 Å². The monoisotopic (exact) mass is 380 g/mol. The highest BCUT2D eigenvalue weighted by molar-refractivity contribution is 5.93. The van der Waals surface area contributed by atoms with Gasteiger partial charge in [-0.3, -0.25) is 4.90 Å². The van der Waals surface area contributed by atoms with Gasteiger partial charge < -0.3 is 14.6 Å². The van der Waals surface area contributed by atoms with Crippen LogP contribution in [0.25, 0.3) is 22.3 Å². The molecule has 4 heterocycles. The number of carbonyl (C=O) groups is 1. The number of aromatic amines is 1. The molecule has 0 fully saturated rings. The average Bonchev–Trinajstić information content (AvgIpc) is 3.25. The number of hydrogen-bond donors (Lipinski definition) is 1. The molecular formula is C20H24N6O2. The molecule has 28 heavy (non-hydrogen) atoms. The van der Waals surface area contributed by atoms with E-state index in [9.17, 15) is 4.79 Å². The van der Waals surface area contributed by atoms with E-state index in [2.05, 4.69) is 15.0 Å². The Morgan fingerprint density at radius 3 is 2.71 bits per heavy atom. The van der Waals surface area contributed by atoms with Crippen LogP contribution in [0.5, 0.6) is 0 Å². The van der Waals surface area contributed by atoms with Crippen molar-refractivity contribution in [1.82, 2.24) is 24.8 Å². The van der Waals surface area contributed by atoms with E-state index in [1.165, 1.54) is 0 Å². The molecule has 1 aliphatic heterocycles. The zero-order chi connectivity index (χ0) is 20.1. The van der Waals surface area contributed by atoms with Gasteiger partial charge in [0.05, 0.1) is 24.5 Å². The van der Waals surface area contributed by atoms with Crippen molar-refractivity contribution >= 4 is 23.1 Å². The molecule has 0 atom stereocenters. The van der Waals surface area contributed by atoms with Crippen LogP contribution >= 0.6 is 0 Å². The number of fused-ring (bicyclic) bond motifs is 2. The minimum atomic E-state index is -0.544. The van der Waals surface area contributed by atoms with E-state index in [-0.39, 0.29) is 6.09 Å². The molecule has 0 aromatic carbocycles. The molecule has 0 aliphatic carbocycles. The standard InChI is InChI=1S/C20H24N6O2/c1-20(2,3)28-19(27)26-10-14-15(11-26)23-18(25(4)5)24-16(14)12-6-8-21-17-13(12)7-9-22-17/h6-9H,10-11H2,1-5H3,(H,21,22). The molecule has 0 bridgehead atoms. The molecule has 0 radical (unpaired) electrons. The van der Waals surface area contributed by atoms with Crippen LogP contribution in [0.4, 0.5) is 10.7 Å². The summed E-state index contributed by atoms with van der Waals surface area (Å²) >= 11 is 0. The number of hydrogen-bond acceptors (Lipinski definition) is 6. The van der Waals surface area contributed by atoms with Gasteiger partial charge in [0.2, 0.25) is 5.95 Å². The maximum atomic E-state index is 12.6. The van der Waals surface area contributed by atoms with Crippen LogP contribution < -0.4 is 4.90 Å². The molecule has 0 unspecified atom stereocenters. The summed E-state index contributed by atoms with van der Waals surface area (Å²) in [6.07, 6.45) is 3.28. The maximum Gasteiger partial charge on any atom is 0.410 e. The number of rotatable bonds is 2. The fourth-order valence-electron chi connectivity index (χ4n) is 3.29. The summed E-state index contributed by atoms with van der Waals surface area (Å²) < 4.78 is 5.55. The van der Waals surface area contributed by atoms with E-state index < -0.39 is 5.60 Å². The fraction of sp³-hybridized carbons (Fsp3) is 0.400. The Morgan fingerprint density at radius 1 is 1.21 bits per heavy atom. The summed E-state index contributed by atoms with van der Waals surface area (Å²) in [7, 11) is 3.81. The van der Waals surface area contributed by atoms with Crippen molar-refractivity contribution < 1.29 is 9.53 Å². The zero-order valence-electron chi connectivity index (χ0n) is 16.8. The van der Waals surface area contributed by atoms with Crippen molar-refractivity contribution in [1.29, 1.82) is 0 Å². The number of carbonyl (C=O) groups excluding carboxylic acids is 1. The fourth-order valence-corrected chi connectivity index (χ4v) is 3.29. The van der Waals surface area contributed by atoms with Crippen molar-refractivity contribution in [2.75, 3.05) is 19.0 Å². The SMILES string of the molecule is CN(C)c1nc2c(c(-c3ccnc4[nH]ccc34)n1)CN(C(=O)OC(C)(C)C)C2. The van der Waals surface area contributed by atoms with Crippen molar-refractivity contribution in [3.8, 4) is 11.3 Å². The Kier molecular flexibility index (Phi) is 4.21. The quantitative estimate of drug-likeness (QED) is 0.734. The first-order valence-electron chi connectivity index (χ1n) is 9.20. The van der Waals surface area contributed by atoms with E-state index in [1.807, 2.05) is 58.1 Å². The third-order valence-corrected chi connectivity index (χ3v) is 4.54. The number of aromatic nitrogens is 4. The molecule has 0 saturated heterocycles. The molecule has 0 saturated carbocycles. The van der Waals surface area contributed by atoms with Gasteiger partial charge in [0.1, 0.15) is 11.2 Å². The van der Waals surface area contributed by atoms with Crippen molar-refractivity contribution in [2.45, 2.75) is 39.5 Å². The van der Waals surface area contributed by atoms with Crippen LogP contribution in [-0.2, 0) is 17.8 Å². The summed E-state index contributed by atoms with van der Waals surface area (Å²) in [5, 5.41) is 0.990. The number of nitrogens with zero attached hydrogens (tertiary/aromatic N) is 5. The first kappa shape index (κ1) is 18.2. The number of pyridine rings is 1. The molecule has 1 aliphatic rings. The Hall–Kier alpha value is -3.16. The summed E-state index contributed by atoms with van der Waals surface area (Å²) in [6, 6.07) is 3.94. The van der Waals surface area contributed by atoms with Crippen LogP contribution in [0.2, 0.25) is 0 Å². The van der Waals surface area contributed by atoms with Gasteiger partial charge in [-0.25, -0.2) is 19.7 Å². The number of anilines is 1. The zero-order valence-corrected chi connectivity index (χ0v) is 16.8. The number of amides is 1. The lowest BCUT2D eigenvalue weighted by Gasteiger charge is -2.24. The van der Waals surface area contributed by atoms with Crippen LogP contribution in [-0.4, -0.2) is 50.6 Å². The van der Waals surface area contributed by atoms with E-state index >= 15 is 0 Å². The van der Waals surface area contributed by atoms with Gasteiger partial charge in [-0.2, -0.15) is 0 Å². The van der Waals surface area contributed by atoms with Gasteiger partial charge in [0.15, 0.2) is 0 Å². The summed E-state index contributed by atoms with van der Waals surface area (Å²) in [5.41, 5.74) is 3.85. The molecular weight excluding hydrogens is 356 g/mol. The third kappa shape index (κ3) is 3.26. The first-order valence-corrected chi connectivity index (χ1v) is 9.20. The number of ether oxygens (including phenoxy) is 1. The Morgan fingerprint density at radius 2 is 2.00 bits per heavy atom. The Bertz CT molecular complexity index is 1050. The second-order valence-electron chi connectivity index (χ2n) is 8.13. The predicted molar refractivity (Wildman–Crippen MR) is 107 cm³/mol. The highest BCUT2D eigenvalue weighted by Gasteiger charge is 2.32. The third-order valence-electron chi connectivity index (χ3n) is 4.54. The normalized spacial score (nSPS) is 13.7. The van der Waals surface area contributed by atoms with Gasteiger partial charge in [-0.05, 0) is 32.9 Å². The highest BCUT2D eigenvalue weighted by atomic mass is 16.6. The summed E-state index contributed by atoms with van der Waals surface area (Å²) in [4.78, 5) is 33.1. The van der Waals surface area contributed by atoms with Gasteiger partial charge in [0, 0.05) is 43.0 Å². The predicted octanol–water partition coefficient (Wildman–Crippen LogP) is 3.34. The van der Waals surface area contributed by atoms with Crippen LogP contribution in [0, 0.1) is 0 Å². The first-order chi connectivity index (χ1) is 13.2. The maximum absolute atomic E-state index is 12.6. The molecule has 1 N–H and O–H groups in total. The Labute approximate surface area is 163 Å². The minimum absolute atomic E-state index is 0.343. The average molecular weight is 380 g/mol. The lowest BCUT2D eigenvalue weighted by Crippen LogP contribution is -2.33. The van der Waals surface area contributed by atoms with Gasteiger partial charge in [-0.1, -0.05) is 0 Å². The molecule has 8 heteroatoms. The molecule has 0 spiro atoms. The van der Waals surface area contributed by atoms with Crippen molar-refractivity contribution in [3.63, 3.8) is 0 Å². The minimum Gasteiger partial charge on any atom is -0.444 e. The number of nitrogens with one attached hydrogen (secondary N) is 1. The molecule has 8 nitrogen and oxygen atoms in total. The van der Waals surface area contributed by atoms with Crippen molar-refractivity contribution in [2.24, 2.45) is 0 Å². The summed E-state index contributed by atoms with van der Waals surface area (Å²) in [5.74, 6) is 0.611. The van der Waals surface area contributed by atoms with Crippen LogP contribution in [0.15, 0.2) is 24.5 Å². The summed E-state index contributed by atoms with van der Waals surface area (Å²) in [6.45, 7) is 6.42. The topological polar surface area (TPSA) is 87.2 Å². The van der Waals surface area contributed by atoms with Gasteiger partial charge in [-0.15, -0.1) is 0 Å². The molecule has 146 valence electrons. The second-order valence-corrected chi connectivity index (χ2v) is 8.13. The lowest BCUT2D eigenvalue weighted by atomic mass is 10.0. The molecule has 3 aromatic heterocycles. The highest BCUT2D eigenvalue weighted by Crippen LogP contribution is 2.35. The van der Waals surface area contributed by atoms with Crippen LogP contribution in [0.3, 0.4) is 0 Å². The van der Waals surface area contributed by atoms with Gasteiger partial charge in [0.25, 0.3) is 0 Å². The lowest BCUT2D eigenvalue weighted by molar-refractivity contribution is 0.0241. The number of H-pyrrole nitrogens is 1. The molecule has 4 rings (SSSR count). The van der Waals surface area contributed by atoms with Crippen molar-refractivity contribution in [3.05, 3.63) is 35.8 Å². The van der Waals surface area contributed by atoms with E-state index in [0.717, 1.165) is 33.5 Å². The largest absolute Gasteiger partial charge is 0.444 e. The second kappa shape index (κ2) is 6.47. The van der Waals surface area contributed by atoms with E-state index in [4.69, 9.17) is 9.72 Å². The Balaban J connectivity index is 1.80. The van der Waals surface area contributed by atoms with E-state index in [1.54, 1.807) is 11.1 Å². The molecule has 3 aromatic rings.